The number of rotatable bonds is 3. The van der Waals surface area contributed by atoms with Gasteiger partial charge in [-0.05, 0) is 19.9 Å². The smallest absolute Gasteiger partial charge is 0.153 e. The summed E-state index contributed by atoms with van der Waals surface area (Å²) in [4.78, 5) is 0. The zero-order valence-corrected chi connectivity index (χ0v) is 12.2. The molecule has 1 N–H and O–H groups in total. The lowest BCUT2D eigenvalue weighted by atomic mass is 10.1. The van der Waals surface area contributed by atoms with E-state index in [1.54, 1.807) is 11.3 Å². The van der Waals surface area contributed by atoms with Gasteiger partial charge in [0.05, 0.1) is 11.4 Å². The molecule has 0 amide bonds. The largest absolute Gasteiger partial charge is 0.265 e. The van der Waals surface area contributed by atoms with E-state index in [9.17, 15) is 0 Å². The third-order valence-electron chi connectivity index (χ3n) is 2.85. The Morgan fingerprint density at radius 2 is 2.16 bits per heavy atom. The Bertz CT molecular complexity index is 742. The first-order valence-electron chi connectivity index (χ1n) is 5.81. The maximum atomic E-state index is 4.42. The van der Waals surface area contributed by atoms with Gasteiger partial charge >= 0.3 is 0 Å². The second kappa shape index (κ2) is 5.07. The van der Waals surface area contributed by atoms with Crippen molar-refractivity contribution < 1.29 is 0 Å². The summed E-state index contributed by atoms with van der Waals surface area (Å²) in [6, 6.07) is 8.36. The molecule has 3 rings (SSSR count). The average molecular weight is 288 g/mol. The minimum atomic E-state index is 0.872. The van der Waals surface area contributed by atoms with Crippen LogP contribution in [0.15, 0.2) is 34.7 Å². The van der Waals surface area contributed by atoms with Crippen LogP contribution < -0.4 is 5.43 Å². The first kappa shape index (κ1) is 12.3. The van der Waals surface area contributed by atoms with Crippen molar-refractivity contribution in [2.45, 2.75) is 13.8 Å². The highest BCUT2D eigenvalue weighted by Gasteiger charge is 2.07. The molecule has 2 heterocycles. The van der Waals surface area contributed by atoms with Crippen molar-refractivity contribution in [3.63, 3.8) is 0 Å². The van der Waals surface area contributed by atoms with Crippen molar-refractivity contribution >= 4 is 43.7 Å². The van der Waals surface area contributed by atoms with Crippen molar-refractivity contribution in [2.75, 3.05) is 5.43 Å². The molecule has 0 spiro atoms. The maximum absolute atomic E-state index is 4.42. The number of nitrogens with zero attached hydrogens (tertiary/aromatic N) is 3. The minimum Gasteiger partial charge on any atom is -0.265 e. The zero-order chi connectivity index (χ0) is 13.2. The Kier molecular flexibility index (Phi) is 3.27. The highest BCUT2D eigenvalue weighted by molar-refractivity contribution is 7.17. The van der Waals surface area contributed by atoms with Gasteiger partial charge in [-0.25, -0.2) is 0 Å². The van der Waals surface area contributed by atoms with E-state index in [1.807, 2.05) is 13.8 Å². The molecule has 0 bridgehead atoms. The zero-order valence-electron chi connectivity index (χ0n) is 10.5. The van der Waals surface area contributed by atoms with Gasteiger partial charge in [-0.3, -0.25) is 5.43 Å². The number of hydrogen-bond donors (Lipinski definition) is 1. The summed E-state index contributed by atoms with van der Waals surface area (Å²) in [6.07, 6.45) is 0. The Balaban J connectivity index is 1.91. The van der Waals surface area contributed by atoms with Crippen LogP contribution >= 0.6 is 22.9 Å². The molecule has 0 aliphatic carbocycles. The Labute approximate surface area is 119 Å². The van der Waals surface area contributed by atoms with Crippen molar-refractivity contribution in [2.24, 2.45) is 5.10 Å². The number of aryl methyl sites for hydroxylation is 1. The Morgan fingerprint density at radius 1 is 1.32 bits per heavy atom. The van der Waals surface area contributed by atoms with Crippen LogP contribution in [0.2, 0.25) is 0 Å². The summed E-state index contributed by atoms with van der Waals surface area (Å²) in [5.74, 6) is 0. The number of hydrazone groups is 1. The van der Waals surface area contributed by atoms with E-state index in [0.29, 0.717) is 0 Å². The highest BCUT2D eigenvalue weighted by Crippen LogP contribution is 2.26. The molecule has 0 radical (unpaired) electrons. The van der Waals surface area contributed by atoms with Gasteiger partial charge in [0, 0.05) is 32.6 Å². The quantitative estimate of drug-likeness (QED) is 0.587. The fourth-order valence-electron chi connectivity index (χ4n) is 1.79. The lowest BCUT2D eigenvalue weighted by Crippen LogP contribution is -1.98. The van der Waals surface area contributed by atoms with E-state index in [1.165, 1.54) is 27.2 Å². The number of hydrogen-bond acceptors (Lipinski definition) is 6. The van der Waals surface area contributed by atoms with Crippen LogP contribution in [0.5, 0.6) is 0 Å². The van der Waals surface area contributed by atoms with Crippen molar-refractivity contribution in [1.82, 2.24) is 9.59 Å². The predicted octanol–water partition coefficient (Wildman–Crippen LogP) is 3.90. The number of aromatic nitrogens is 2. The number of benzene rings is 1. The molecule has 1 aromatic carbocycles. The van der Waals surface area contributed by atoms with Crippen LogP contribution in [0, 0.1) is 6.92 Å². The van der Waals surface area contributed by atoms with E-state index in [2.05, 4.69) is 49.8 Å². The van der Waals surface area contributed by atoms with Gasteiger partial charge in [0.25, 0.3) is 0 Å². The number of nitrogens with one attached hydrogen (secondary N) is 1. The van der Waals surface area contributed by atoms with Gasteiger partial charge in [0.15, 0.2) is 5.00 Å². The molecule has 4 nitrogen and oxygen atoms in total. The minimum absolute atomic E-state index is 0.872. The van der Waals surface area contributed by atoms with E-state index in [0.717, 1.165) is 16.4 Å². The van der Waals surface area contributed by atoms with Gasteiger partial charge < -0.3 is 0 Å². The van der Waals surface area contributed by atoms with Crippen molar-refractivity contribution in [3.05, 3.63) is 40.9 Å². The molecule has 6 heteroatoms. The summed E-state index contributed by atoms with van der Waals surface area (Å²) in [5.41, 5.74) is 6.04. The van der Waals surface area contributed by atoms with E-state index in [-0.39, 0.29) is 0 Å². The van der Waals surface area contributed by atoms with Gasteiger partial charge in [-0.1, -0.05) is 22.7 Å². The maximum Gasteiger partial charge on any atom is 0.153 e. The van der Waals surface area contributed by atoms with Gasteiger partial charge in [0.2, 0.25) is 0 Å². The highest BCUT2D eigenvalue weighted by atomic mass is 32.1. The first-order chi connectivity index (χ1) is 9.25. The summed E-state index contributed by atoms with van der Waals surface area (Å²) >= 11 is 3.05. The van der Waals surface area contributed by atoms with E-state index < -0.39 is 0 Å². The molecule has 0 unspecified atom stereocenters. The molecular weight excluding hydrogens is 276 g/mol. The molecule has 0 aliphatic heterocycles. The van der Waals surface area contributed by atoms with Crippen LogP contribution in [0.25, 0.3) is 10.1 Å². The van der Waals surface area contributed by atoms with Gasteiger partial charge in [-0.15, -0.1) is 16.4 Å². The first-order valence-corrected chi connectivity index (χ1v) is 7.47. The Morgan fingerprint density at radius 3 is 2.95 bits per heavy atom. The van der Waals surface area contributed by atoms with Crippen LogP contribution in [-0.4, -0.2) is 15.3 Å². The second-order valence-electron chi connectivity index (χ2n) is 4.14. The number of fused-ring (bicyclic) bond motifs is 1. The molecule has 0 saturated heterocycles. The van der Waals surface area contributed by atoms with Crippen molar-refractivity contribution in [3.8, 4) is 0 Å². The molecule has 2 aromatic heterocycles. The molecule has 0 fully saturated rings. The van der Waals surface area contributed by atoms with Crippen LogP contribution in [0.3, 0.4) is 0 Å². The standard InChI is InChI=1S/C13H12N4S2/c1-8(14-16-13-9(2)15-17-19-13)11-7-18-12-6-4-3-5-10(11)12/h3-7,16H,1-2H3. The van der Waals surface area contributed by atoms with Crippen LogP contribution in [-0.2, 0) is 0 Å². The summed E-state index contributed by atoms with van der Waals surface area (Å²) in [6.45, 7) is 3.92. The van der Waals surface area contributed by atoms with Crippen molar-refractivity contribution in [1.29, 1.82) is 0 Å². The third kappa shape index (κ3) is 2.36. The van der Waals surface area contributed by atoms with Gasteiger partial charge in [0.1, 0.15) is 0 Å². The normalized spacial score (nSPS) is 12.0. The molecule has 0 saturated carbocycles. The lowest BCUT2D eigenvalue weighted by Gasteiger charge is -2.00. The summed E-state index contributed by atoms with van der Waals surface area (Å²) in [5, 5.41) is 12.6. The van der Waals surface area contributed by atoms with Gasteiger partial charge in [-0.2, -0.15) is 5.10 Å². The number of anilines is 1. The topological polar surface area (TPSA) is 50.2 Å². The molecular formula is C13H12N4S2. The van der Waals surface area contributed by atoms with E-state index >= 15 is 0 Å². The lowest BCUT2D eigenvalue weighted by molar-refractivity contribution is 1.09. The SMILES string of the molecule is CC(=NNc1snnc1C)c1csc2ccccc12. The molecule has 0 aliphatic rings. The average Bonchev–Trinajstić information content (AvgIpc) is 3.02. The Hall–Kier alpha value is -1.79. The van der Waals surface area contributed by atoms with E-state index in [4.69, 9.17) is 0 Å². The third-order valence-corrected chi connectivity index (χ3v) is 4.54. The summed E-state index contributed by atoms with van der Waals surface area (Å²) < 4.78 is 5.15. The monoisotopic (exact) mass is 288 g/mol. The number of thiophene rings is 1. The predicted molar refractivity (Wildman–Crippen MR) is 82.3 cm³/mol. The molecule has 3 aromatic rings. The fraction of sp³-hybridized carbons (Fsp3) is 0.154. The van der Waals surface area contributed by atoms with Crippen LogP contribution in [0.1, 0.15) is 18.2 Å². The molecule has 96 valence electrons. The molecule has 0 atom stereocenters. The fourth-order valence-corrected chi connectivity index (χ4v) is 3.30. The summed E-state index contributed by atoms with van der Waals surface area (Å²) in [7, 11) is 0. The molecule has 19 heavy (non-hydrogen) atoms. The second-order valence-corrected chi connectivity index (χ2v) is 5.81. The van der Waals surface area contributed by atoms with Crippen LogP contribution in [0.4, 0.5) is 5.00 Å².